The van der Waals surface area contributed by atoms with Crippen LogP contribution in [0.4, 0.5) is 5.69 Å². The van der Waals surface area contributed by atoms with Crippen molar-refractivity contribution in [3.05, 3.63) is 24.3 Å². The predicted octanol–water partition coefficient (Wildman–Crippen LogP) is 2.05. The molecule has 3 atom stereocenters. The molecule has 0 spiro atoms. The lowest BCUT2D eigenvalue weighted by Gasteiger charge is -2.35. The van der Waals surface area contributed by atoms with E-state index in [4.69, 9.17) is 4.74 Å². The van der Waals surface area contributed by atoms with Crippen LogP contribution in [0, 0.1) is 5.92 Å². The summed E-state index contributed by atoms with van der Waals surface area (Å²) in [5, 5.41) is 5.95. The lowest BCUT2D eigenvalue weighted by atomic mass is 9.95. The Hall–Kier alpha value is -2.01. The first-order valence-electron chi connectivity index (χ1n) is 12.3. The second-order valence-electron chi connectivity index (χ2n) is 9.24. The normalized spacial score (nSPS) is 22.0. The van der Waals surface area contributed by atoms with Gasteiger partial charge in [0.15, 0.2) is 0 Å². The fraction of sp³-hybridized carbons (Fsp3) is 0.667. The number of hydrogen-bond acceptors (Lipinski definition) is 6. The van der Waals surface area contributed by atoms with Crippen LogP contribution in [0.1, 0.15) is 46.5 Å². The van der Waals surface area contributed by atoms with Crippen LogP contribution in [-0.2, 0) is 24.3 Å². The van der Waals surface area contributed by atoms with E-state index in [0.29, 0.717) is 38.5 Å². The third-order valence-electron chi connectivity index (χ3n) is 6.57. The lowest BCUT2D eigenvalue weighted by molar-refractivity contribution is -0.129. The Kier molecular flexibility index (Phi) is 9.47. The molecule has 34 heavy (non-hydrogen) atoms. The molecule has 2 saturated heterocycles. The first-order chi connectivity index (χ1) is 16.2. The number of piperidine rings is 1. The smallest absolute Gasteiger partial charge is 0.243 e. The van der Waals surface area contributed by atoms with Crippen molar-refractivity contribution in [2.24, 2.45) is 5.92 Å². The zero-order chi connectivity index (χ0) is 24.7. The summed E-state index contributed by atoms with van der Waals surface area (Å²) < 4.78 is 32.5. The molecule has 2 fully saturated rings. The molecule has 2 aliphatic rings. The number of nitrogens with zero attached hydrogens (tertiary/aromatic N) is 2. The van der Waals surface area contributed by atoms with Gasteiger partial charge in [0, 0.05) is 31.4 Å². The maximum atomic E-state index is 13.0. The Morgan fingerprint density at radius 1 is 1.18 bits per heavy atom. The first kappa shape index (κ1) is 26.6. The zero-order valence-electron chi connectivity index (χ0n) is 20.5. The van der Waals surface area contributed by atoms with Crippen molar-refractivity contribution in [1.29, 1.82) is 0 Å². The van der Waals surface area contributed by atoms with Crippen LogP contribution in [0.5, 0.6) is 0 Å². The van der Waals surface area contributed by atoms with Gasteiger partial charge in [-0.15, -0.1) is 0 Å². The van der Waals surface area contributed by atoms with E-state index in [-0.39, 0.29) is 28.7 Å². The van der Waals surface area contributed by atoms with E-state index in [9.17, 15) is 18.0 Å². The molecule has 3 unspecified atom stereocenters. The van der Waals surface area contributed by atoms with E-state index in [2.05, 4.69) is 17.6 Å². The quantitative estimate of drug-likeness (QED) is 0.544. The van der Waals surface area contributed by atoms with E-state index in [1.54, 1.807) is 12.1 Å². The van der Waals surface area contributed by atoms with Crippen molar-refractivity contribution < 1.29 is 22.7 Å². The van der Waals surface area contributed by atoms with Crippen molar-refractivity contribution in [3.63, 3.8) is 0 Å². The fourth-order valence-corrected chi connectivity index (χ4v) is 5.98. The average Bonchev–Trinajstić information content (AvgIpc) is 2.84. The summed E-state index contributed by atoms with van der Waals surface area (Å²) in [7, 11) is -3.65. The molecule has 190 valence electrons. The van der Waals surface area contributed by atoms with Gasteiger partial charge in [-0.25, -0.2) is 8.42 Å². The van der Waals surface area contributed by atoms with Crippen LogP contribution in [0.25, 0.3) is 0 Å². The Morgan fingerprint density at radius 2 is 1.91 bits per heavy atom. The van der Waals surface area contributed by atoms with Gasteiger partial charge in [-0.2, -0.15) is 4.31 Å². The van der Waals surface area contributed by atoms with Crippen LogP contribution in [0.3, 0.4) is 0 Å². The molecular weight excluding hydrogens is 456 g/mol. The van der Waals surface area contributed by atoms with Gasteiger partial charge < -0.3 is 15.4 Å². The number of rotatable bonds is 9. The van der Waals surface area contributed by atoms with Crippen LogP contribution in [-0.4, -0.2) is 80.9 Å². The minimum Gasteiger partial charge on any atom is -0.379 e. The molecule has 2 heterocycles. The van der Waals surface area contributed by atoms with Crippen molar-refractivity contribution in [2.45, 2.75) is 63.4 Å². The summed E-state index contributed by atoms with van der Waals surface area (Å²) in [5.41, 5.74) is 0.436. The highest BCUT2D eigenvalue weighted by molar-refractivity contribution is 7.89. The molecule has 1 aromatic carbocycles. The summed E-state index contributed by atoms with van der Waals surface area (Å²) in [6.07, 6.45) is 3.63. The Bertz CT molecular complexity index is 948. The van der Waals surface area contributed by atoms with E-state index >= 15 is 0 Å². The van der Waals surface area contributed by atoms with Gasteiger partial charge in [0.2, 0.25) is 21.8 Å². The highest BCUT2D eigenvalue weighted by atomic mass is 32.2. The zero-order valence-corrected chi connectivity index (χ0v) is 21.3. The van der Waals surface area contributed by atoms with Crippen molar-refractivity contribution >= 4 is 27.5 Å². The minimum atomic E-state index is -3.65. The maximum absolute atomic E-state index is 13.0. The van der Waals surface area contributed by atoms with Gasteiger partial charge in [0.05, 0.1) is 30.1 Å². The number of ether oxygens (including phenoxy) is 1. The molecule has 0 radical (unpaired) electrons. The first-order valence-corrected chi connectivity index (χ1v) is 13.7. The van der Waals surface area contributed by atoms with Crippen LogP contribution in [0.15, 0.2) is 29.2 Å². The summed E-state index contributed by atoms with van der Waals surface area (Å²) >= 11 is 0. The van der Waals surface area contributed by atoms with E-state index in [0.717, 1.165) is 32.2 Å². The second-order valence-corrected chi connectivity index (χ2v) is 11.2. The van der Waals surface area contributed by atoms with Gasteiger partial charge in [0.25, 0.3) is 0 Å². The third-order valence-corrected chi connectivity index (χ3v) is 8.47. The SMILES string of the molecule is CCCC(C)NC(=O)C1CCCN(C(C)C(=O)Nc2cccc(S(=O)(=O)N3CCOCC3)c2)C1. The molecule has 0 bridgehead atoms. The number of likely N-dealkylation sites (tertiary alicyclic amines) is 1. The molecule has 3 rings (SSSR count). The fourth-order valence-electron chi connectivity index (χ4n) is 4.52. The molecular formula is C24H38N4O5S. The number of nitrogens with one attached hydrogen (secondary N) is 2. The topological polar surface area (TPSA) is 108 Å². The molecule has 9 nitrogen and oxygen atoms in total. The largest absolute Gasteiger partial charge is 0.379 e. The Labute approximate surface area is 203 Å². The number of morpholine rings is 1. The molecule has 1 aromatic rings. The van der Waals surface area contributed by atoms with Crippen LogP contribution >= 0.6 is 0 Å². The van der Waals surface area contributed by atoms with Crippen molar-refractivity contribution in [2.75, 3.05) is 44.7 Å². The number of anilines is 1. The molecule has 0 aliphatic carbocycles. The number of hydrogen-bond donors (Lipinski definition) is 2. The van der Waals surface area contributed by atoms with E-state index < -0.39 is 16.1 Å². The number of benzene rings is 1. The molecule has 2 aliphatic heterocycles. The van der Waals surface area contributed by atoms with E-state index in [1.807, 2.05) is 18.7 Å². The van der Waals surface area contributed by atoms with E-state index in [1.165, 1.54) is 16.4 Å². The Balaban J connectivity index is 1.61. The van der Waals surface area contributed by atoms with Crippen LogP contribution in [0.2, 0.25) is 0 Å². The minimum absolute atomic E-state index is 0.0549. The third kappa shape index (κ3) is 6.78. The number of sulfonamides is 1. The summed E-state index contributed by atoms with van der Waals surface area (Å²) in [5.74, 6) is -0.300. The Morgan fingerprint density at radius 3 is 2.62 bits per heavy atom. The summed E-state index contributed by atoms with van der Waals surface area (Å²) in [4.78, 5) is 27.8. The van der Waals surface area contributed by atoms with Gasteiger partial charge in [-0.05, 0) is 57.9 Å². The van der Waals surface area contributed by atoms with Crippen LogP contribution < -0.4 is 10.6 Å². The molecule has 0 saturated carbocycles. The second kappa shape index (κ2) is 12.1. The summed E-state index contributed by atoms with van der Waals surface area (Å²) in [6.45, 7) is 8.60. The molecule has 2 N–H and O–H groups in total. The van der Waals surface area contributed by atoms with Gasteiger partial charge in [-0.3, -0.25) is 14.5 Å². The summed E-state index contributed by atoms with van der Waals surface area (Å²) in [6, 6.07) is 6.06. The number of carbonyl (C=O) groups is 2. The molecule has 0 aromatic heterocycles. The molecule has 2 amide bonds. The van der Waals surface area contributed by atoms with Crippen molar-refractivity contribution in [1.82, 2.24) is 14.5 Å². The predicted molar refractivity (Wildman–Crippen MR) is 131 cm³/mol. The standard InChI is InChI=1S/C24H38N4O5S/c1-4-7-18(2)25-24(30)20-8-6-11-27(17-20)19(3)23(29)26-21-9-5-10-22(16-21)34(31,32)28-12-14-33-15-13-28/h5,9-10,16,18-20H,4,6-8,11-15,17H2,1-3H3,(H,25,30)(H,26,29). The highest BCUT2D eigenvalue weighted by Gasteiger charge is 2.32. The van der Waals surface area contributed by atoms with Crippen molar-refractivity contribution in [3.8, 4) is 0 Å². The number of carbonyl (C=O) groups excluding carboxylic acids is 2. The monoisotopic (exact) mass is 494 g/mol. The lowest BCUT2D eigenvalue weighted by Crippen LogP contribution is -2.50. The highest BCUT2D eigenvalue weighted by Crippen LogP contribution is 2.23. The average molecular weight is 495 g/mol. The maximum Gasteiger partial charge on any atom is 0.243 e. The molecule has 10 heteroatoms. The van der Waals surface area contributed by atoms with Gasteiger partial charge in [0.1, 0.15) is 0 Å². The van der Waals surface area contributed by atoms with Gasteiger partial charge >= 0.3 is 0 Å². The van der Waals surface area contributed by atoms with Gasteiger partial charge in [-0.1, -0.05) is 19.4 Å². The number of amides is 2.